The van der Waals surface area contributed by atoms with Crippen molar-refractivity contribution in [3.8, 4) is 0 Å². The molecule has 1 heterocycles. The monoisotopic (exact) mass is 293 g/mol. The van der Waals surface area contributed by atoms with Crippen LogP contribution in [0.1, 0.15) is 17.3 Å². The predicted molar refractivity (Wildman–Crippen MR) is 75.0 cm³/mol. The van der Waals surface area contributed by atoms with E-state index < -0.39 is 17.5 Å². The molecule has 0 unspecified atom stereocenters. The molecule has 0 atom stereocenters. The van der Waals surface area contributed by atoms with Gasteiger partial charge in [-0.1, -0.05) is 11.6 Å². The lowest BCUT2D eigenvalue weighted by molar-refractivity contribution is -0.141. The zero-order chi connectivity index (χ0) is 14.7. The van der Waals surface area contributed by atoms with E-state index >= 15 is 0 Å². The summed E-state index contributed by atoms with van der Waals surface area (Å²) in [5, 5.41) is 10.6. The third-order valence-corrected chi connectivity index (χ3v) is 2.90. The summed E-state index contributed by atoms with van der Waals surface area (Å²) in [5.74, 6) is -2.17. The number of aromatic nitrogens is 1. The summed E-state index contributed by atoms with van der Waals surface area (Å²) in [6.07, 6.45) is 2.33. The van der Waals surface area contributed by atoms with Gasteiger partial charge in [-0.05, 0) is 25.1 Å². The number of allylic oxidation sites excluding steroid dienone is 1. The Morgan fingerprint density at radius 3 is 2.90 bits per heavy atom. The van der Waals surface area contributed by atoms with Gasteiger partial charge in [-0.25, -0.2) is 4.79 Å². The smallest absolute Gasteiger partial charge is 0.373 e. The first kappa shape index (κ1) is 14.1. The highest BCUT2D eigenvalue weighted by molar-refractivity contribution is 6.31. The Kier molecular flexibility index (Phi) is 4.10. The lowest BCUT2D eigenvalue weighted by Crippen LogP contribution is -2.09. The van der Waals surface area contributed by atoms with Crippen molar-refractivity contribution in [1.29, 1.82) is 0 Å². The number of hydrogen-bond donors (Lipinski definition) is 2. The minimum absolute atomic E-state index is 0.119. The number of ketones is 1. The van der Waals surface area contributed by atoms with Crippen molar-refractivity contribution in [3.63, 3.8) is 0 Å². The maximum Gasteiger partial charge on any atom is 0.373 e. The zero-order valence-electron chi connectivity index (χ0n) is 10.6. The van der Waals surface area contributed by atoms with E-state index in [-0.39, 0.29) is 6.61 Å². The Labute approximate surface area is 119 Å². The molecule has 2 aromatic rings. The Hall–Kier alpha value is -2.27. The molecule has 0 spiro atoms. The summed E-state index contributed by atoms with van der Waals surface area (Å²) in [6.45, 7) is 1.72. The van der Waals surface area contributed by atoms with E-state index in [4.69, 9.17) is 11.6 Å². The number of ether oxygens (including phenoxy) is 1. The van der Waals surface area contributed by atoms with E-state index in [0.717, 1.165) is 11.6 Å². The van der Waals surface area contributed by atoms with Gasteiger partial charge in [0.05, 0.1) is 6.61 Å². The quantitative estimate of drug-likeness (QED) is 0.393. The number of H-pyrrole nitrogens is 1. The molecule has 6 heteroatoms. The van der Waals surface area contributed by atoms with Crippen LogP contribution < -0.4 is 0 Å². The van der Waals surface area contributed by atoms with Crippen molar-refractivity contribution in [1.82, 2.24) is 4.98 Å². The molecule has 5 nitrogen and oxygen atoms in total. The standard InChI is InChI=1S/C14H12ClNO4/c1-2-20-14(19)13(18)6-12(17)10-7-16-11-4-3-8(15)5-9(10)11/h3-7,16,18H,2H2,1H3. The number of carbonyl (C=O) groups excluding carboxylic acids is 2. The van der Waals surface area contributed by atoms with Crippen LogP contribution in [0.5, 0.6) is 0 Å². The van der Waals surface area contributed by atoms with Crippen LogP contribution in [-0.2, 0) is 9.53 Å². The first-order valence-electron chi connectivity index (χ1n) is 5.91. The summed E-state index contributed by atoms with van der Waals surface area (Å²) >= 11 is 5.89. The van der Waals surface area contributed by atoms with E-state index in [2.05, 4.69) is 9.72 Å². The Morgan fingerprint density at radius 2 is 2.20 bits per heavy atom. The largest absolute Gasteiger partial charge is 0.502 e. The maximum absolute atomic E-state index is 12.0. The molecule has 0 saturated carbocycles. The van der Waals surface area contributed by atoms with E-state index in [1.54, 1.807) is 25.1 Å². The van der Waals surface area contributed by atoms with E-state index in [1.807, 2.05) is 0 Å². The van der Waals surface area contributed by atoms with Gasteiger partial charge in [0.25, 0.3) is 0 Å². The molecule has 0 aliphatic rings. The minimum atomic E-state index is -0.932. The van der Waals surface area contributed by atoms with E-state index in [9.17, 15) is 14.7 Å². The number of fused-ring (bicyclic) bond motifs is 1. The molecule has 104 valence electrons. The third kappa shape index (κ3) is 2.83. The zero-order valence-corrected chi connectivity index (χ0v) is 11.4. The van der Waals surface area contributed by atoms with Crippen molar-refractivity contribution < 1.29 is 19.4 Å². The molecule has 0 saturated heterocycles. The van der Waals surface area contributed by atoms with Crippen LogP contribution in [0, 0.1) is 0 Å². The number of aliphatic hydroxyl groups is 1. The molecule has 1 aromatic carbocycles. The maximum atomic E-state index is 12.0. The summed E-state index contributed by atoms with van der Waals surface area (Å²) < 4.78 is 4.59. The number of aromatic amines is 1. The van der Waals surface area contributed by atoms with Crippen molar-refractivity contribution >= 4 is 34.3 Å². The van der Waals surface area contributed by atoms with Gasteiger partial charge in [0, 0.05) is 33.8 Å². The molecule has 0 fully saturated rings. The third-order valence-electron chi connectivity index (χ3n) is 2.66. The number of halogens is 1. The molecule has 2 N–H and O–H groups in total. The molecule has 20 heavy (non-hydrogen) atoms. The van der Waals surface area contributed by atoms with Crippen molar-refractivity contribution in [3.05, 3.63) is 46.8 Å². The van der Waals surface area contributed by atoms with Gasteiger partial charge in [0.15, 0.2) is 5.78 Å². The molecular formula is C14H12ClNO4. The van der Waals surface area contributed by atoms with Gasteiger partial charge in [0.2, 0.25) is 5.76 Å². The van der Waals surface area contributed by atoms with Gasteiger partial charge in [-0.15, -0.1) is 0 Å². The second kappa shape index (κ2) is 5.79. The van der Waals surface area contributed by atoms with Gasteiger partial charge in [0.1, 0.15) is 0 Å². The highest BCUT2D eigenvalue weighted by Crippen LogP contribution is 2.23. The van der Waals surface area contributed by atoms with Crippen molar-refractivity contribution in [2.45, 2.75) is 6.92 Å². The minimum Gasteiger partial charge on any atom is -0.502 e. The van der Waals surface area contributed by atoms with Gasteiger partial charge >= 0.3 is 5.97 Å². The molecule has 0 radical (unpaired) electrons. The van der Waals surface area contributed by atoms with Crippen molar-refractivity contribution in [2.75, 3.05) is 6.61 Å². The molecule has 0 bridgehead atoms. The number of nitrogens with one attached hydrogen (secondary N) is 1. The fourth-order valence-corrected chi connectivity index (χ4v) is 1.93. The SMILES string of the molecule is CCOC(=O)C(O)=CC(=O)c1c[nH]c2ccc(Cl)cc12. The van der Waals surface area contributed by atoms with Crippen LogP contribution in [0.4, 0.5) is 0 Å². The van der Waals surface area contributed by atoms with E-state index in [0.29, 0.717) is 16.0 Å². The lowest BCUT2D eigenvalue weighted by Gasteiger charge is -2.00. The fourth-order valence-electron chi connectivity index (χ4n) is 1.76. The molecule has 0 aliphatic carbocycles. The lowest BCUT2D eigenvalue weighted by atomic mass is 10.1. The van der Waals surface area contributed by atoms with Crippen LogP contribution in [0.3, 0.4) is 0 Å². The van der Waals surface area contributed by atoms with Crippen molar-refractivity contribution in [2.24, 2.45) is 0 Å². The number of esters is 1. The topological polar surface area (TPSA) is 79.4 Å². The number of carbonyl (C=O) groups is 2. The molecule has 0 aliphatic heterocycles. The Bertz CT molecular complexity index is 702. The molecule has 0 amide bonds. The molecule has 2 rings (SSSR count). The normalized spacial score (nSPS) is 11.6. The second-order valence-corrected chi connectivity index (χ2v) is 4.44. The van der Waals surface area contributed by atoms with Crippen LogP contribution >= 0.6 is 11.6 Å². The fraction of sp³-hybridized carbons (Fsp3) is 0.143. The second-order valence-electron chi connectivity index (χ2n) is 4.01. The Morgan fingerprint density at radius 1 is 1.45 bits per heavy atom. The summed E-state index contributed by atoms with van der Waals surface area (Å²) in [7, 11) is 0. The Balaban J connectivity index is 2.34. The summed E-state index contributed by atoms with van der Waals surface area (Å²) in [5.41, 5.74) is 1.06. The molecule has 1 aromatic heterocycles. The first-order valence-corrected chi connectivity index (χ1v) is 6.29. The van der Waals surface area contributed by atoms with Crippen LogP contribution in [0.2, 0.25) is 5.02 Å². The average molecular weight is 294 g/mol. The number of benzene rings is 1. The van der Waals surface area contributed by atoms with Crippen LogP contribution in [0.15, 0.2) is 36.2 Å². The number of aliphatic hydroxyl groups excluding tert-OH is 1. The van der Waals surface area contributed by atoms with Gasteiger partial charge in [-0.2, -0.15) is 0 Å². The highest BCUT2D eigenvalue weighted by atomic mass is 35.5. The predicted octanol–water partition coefficient (Wildman–Crippen LogP) is 3.01. The summed E-state index contributed by atoms with van der Waals surface area (Å²) in [6, 6.07) is 5.07. The van der Waals surface area contributed by atoms with Gasteiger partial charge < -0.3 is 14.8 Å². The van der Waals surface area contributed by atoms with Crippen LogP contribution in [0.25, 0.3) is 10.9 Å². The first-order chi connectivity index (χ1) is 9.52. The van der Waals surface area contributed by atoms with Gasteiger partial charge in [-0.3, -0.25) is 4.79 Å². The average Bonchev–Trinajstić information content (AvgIpc) is 2.81. The number of hydrogen-bond acceptors (Lipinski definition) is 4. The van der Waals surface area contributed by atoms with E-state index in [1.165, 1.54) is 6.20 Å². The molecular weight excluding hydrogens is 282 g/mol. The highest BCUT2D eigenvalue weighted by Gasteiger charge is 2.15. The summed E-state index contributed by atoms with van der Waals surface area (Å²) in [4.78, 5) is 26.2. The van der Waals surface area contributed by atoms with Crippen LogP contribution in [-0.4, -0.2) is 28.4 Å². The number of rotatable bonds is 4.